The molecule has 0 saturated heterocycles. The minimum atomic E-state index is -0.322. The third-order valence-electron chi connectivity index (χ3n) is 0.453. The Bertz CT molecular complexity index is 106. The van der Waals surface area contributed by atoms with Crippen LogP contribution >= 0.6 is 12.2 Å². The van der Waals surface area contributed by atoms with Crippen LogP contribution in [0.5, 0.6) is 0 Å². The topological polar surface area (TPSA) is 29.4 Å². The molecule has 0 N–H and O–H groups in total. The molecule has 2 nitrogen and oxygen atoms in total. The lowest BCUT2D eigenvalue weighted by Gasteiger charge is -1.83. The number of nitrogens with zero attached hydrogens (tertiary/aromatic N) is 1. The highest BCUT2D eigenvalue weighted by molar-refractivity contribution is 7.78. The fourth-order valence-corrected chi connectivity index (χ4v) is 0.280. The molecule has 1 unspecified atom stereocenters. The van der Waals surface area contributed by atoms with Gasteiger partial charge in [-0.25, -0.2) is 4.99 Å². The van der Waals surface area contributed by atoms with Gasteiger partial charge in [0.1, 0.15) is 12.3 Å². The Morgan fingerprint density at radius 1 is 2.00 bits per heavy atom. The van der Waals surface area contributed by atoms with Crippen LogP contribution in [0.1, 0.15) is 6.92 Å². The van der Waals surface area contributed by atoms with Crippen molar-refractivity contribution in [2.45, 2.75) is 13.0 Å². The quantitative estimate of drug-likeness (QED) is 0.301. The Morgan fingerprint density at radius 2 is 2.57 bits per heavy atom. The minimum absolute atomic E-state index is 0.322. The van der Waals surface area contributed by atoms with E-state index in [0.717, 1.165) is 0 Å². The number of isothiocyanates is 1. The highest BCUT2D eigenvalue weighted by atomic mass is 32.1. The molecule has 0 spiro atoms. The molecule has 7 heavy (non-hydrogen) atoms. The average Bonchev–Trinajstić information content (AvgIpc) is 1.68. The molecule has 0 aromatic rings. The molecule has 0 aliphatic carbocycles. The fraction of sp³-hybridized carbons (Fsp3) is 0.500. The number of aliphatic imine (C=N–C) groups is 1. The van der Waals surface area contributed by atoms with Crippen LogP contribution in [0.2, 0.25) is 0 Å². The average molecular weight is 115 g/mol. The van der Waals surface area contributed by atoms with Gasteiger partial charge in [-0.3, -0.25) is 0 Å². The molecule has 0 amide bonds. The summed E-state index contributed by atoms with van der Waals surface area (Å²) in [7, 11) is 0. The second-order valence-electron chi connectivity index (χ2n) is 1.10. The van der Waals surface area contributed by atoms with Crippen LogP contribution in [-0.2, 0) is 4.79 Å². The van der Waals surface area contributed by atoms with E-state index in [2.05, 4.69) is 22.4 Å². The van der Waals surface area contributed by atoms with Crippen molar-refractivity contribution in [3.05, 3.63) is 0 Å². The molecule has 0 aromatic carbocycles. The summed E-state index contributed by atoms with van der Waals surface area (Å²) >= 11 is 4.22. The van der Waals surface area contributed by atoms with Gasteiger partial charge in [0, 0.05) is 0 Å². The summed E-state index contributed by atoms with van der Waals surface area (Å²) < 4.78 is 0. The van der Waals surface area contributed by atoms with Gasteiger partial charge in [-0.15, -0.1) is 0 Å². The van der Waals surface area contributed by atoms with Gasteiger partial charge in [0.2, 0.25) is 0 Å². The summed E-state index contributed by atoms with van der Waals surface area (Å²) in [5, 5.41) is 2.10. The van der Waals surface area contributed by atoms with E-state index in [4.69, 9.17) is 0 Å². The van der Waals surface area contributed by atoms with E-state index in [1.165, 1.54) is 0 Å². The molecule has 0 radical (unpaired) electrons. The minimum Gasteiger partial charge on any atom is -0.301 e. The Hall–Kier alpha value is -0.530. The lowest BCUT2D eigenvalue weighted by molar-refractivity contribution is -0.108. The first kappa shape index (κ1) is 6.47. The number of carbonyl (C=O) groups excluding carboxylic acids is 1. The predicted molar refractivity (Wildman–Crippen MR) is 30.6 cm³/mol. The molecular weight excluding hydrogens is 110 g/mol. The zero-order valence-electron chi connectivity index (χ0n) is 3.92. The Labute approximate surface area is 47.2 Å². The van der Waals surface area contributed by atoms with E-state index < -0.39 is 0 Å². The maximum Gasteiger partial charge on any atom is 0.145 e. The van der Waals surface area contributed by atoms with Gasteiger partial charge in [0.15, 0.2) is 0 Å². The third-order valence-corrected chi connectivity index (χ3v) is 0.559. The van der Waals surface area contributed by atoms with Gasteiger partial charge in [0.25, 0.3) is 0 Å². The number of carbonyl (C=O) groups is 1. The van der Waals surface area contributed by atoms with Crippen molar-refractivity contribution in [2.24, 2.45) is 4.99 Å². The number of aldehydes is 1. The normalized spacial score (nSPS) is 11.6. The number of thiocarbonyl (C=S) groups is 1. The van der Waals surface area contributed by atoms with Gasteiger partial charge in [-0.2, -0.15) is 0 Å². The molecule has 0 fully saturated rings. The van der Waals surface area contributed by atoms with E-state index in [-0.39, 0.29) is 6.04 Å². The predicted octanol–water partition coefficient (Wildman–Crippen LogP) is 0.677. The first-order valence-electron chi connectivity index (χ1n) is 1.83. The van der Waals surface area contributed by atoms with Gasteiger partial charge < -0.3 is 4.79 Å². The highest BCUT2D eigenvalue weighted by Gasteiger charge is 1.87. The van der Waals surface area contributed by atoms with Crippen molar-refractivity contribution in [3.8, 4) is 0 Å². The van der Waals surface area contributed by atoms with E-state index in [1.54, 1.807) is 6.92 Å². The SMILES string of the molecule is CC(C=O)N=C=S. The van der Waals surface area contributed by atoms with Crippen molar-refractivity contribution in [1.29, 1.82) is 0 Å². The Balaban J connectivity index is 3.56. The lowest BCUT2D eigenvalue weighted by Crippen LogP contribution is -1.95. The van der Waals surface area contributed by atoms with Gasteiger partial charge in [-0.05, 0) is 19.1 Å². The van der Waals surface area contributed by atoms with Gasteiger partial charge in [-0.1, -0.05) is 0 Å². The zero-order valence-corrected chi connectivity index (χ0v) is 4.73. The maximum atomic E-state index is 9.71. The van der Waals surface area contributed by atoms with Crippen LogP contribution in [0.4, 0.5) is 0 Å². The second-order valence-corrected chi connectivity index (χ2v) is 1.28. The standard InChI is InChI=1S/C4H5NOS/c1-4(2-6)5-3-7/h2,4H,1H3. The summed E-state index contributed by atoms with van der Waals surface area (Å²) in [6.45, 7) is 1.65. The van der Waals surface area contributed by atoms with Crippen molar-refractivity contribution in [3.63, 3.8) is 0 Å². The second kappa shape index (κ2) is 3.65. The first-order chi connectivity index (χ1) is 3.31. The van der Waals surface area contributed by atoms with Crippen LogP contribution < -0.4 is 0 Å². The van der Waals surface area contributed by atoms with E-state index in [0.29, 0.717) is 6.29 Å². The molecule has 0 aromatic heterocycles. The molecule has 0 bridgehead atoms. The molecule has 0 rings (SSSR count). The number of hydrogen-bond acceptors (Lipinski definition) is 3. The van der Waals surface area contributed by atoms with Crippen molar-refractivity contribution in [2.75, 3.05) is 0 Å². The largest absolute Gasteiger partial charge is 0.301 e. The van der Waals surface area contributed by atoms with Crippen LogP contribution in [0.15, 0.2) is 4.99 Å². The maximum absolute atomic E-state index is 9.71. The zero-order chi connectivity index (χ0) is 5.70. The molecule has 0 aliphatic rings. The number of hydrogen-bond donors (Lipinski definition) is 0. The lowest BCUT2D eigenvalue weighted by atomic mass is 10.4. The van der Waals surface area contributed by atoms with Gasteiger partial charge in [0.05, 0.1) is 5.16 Å². The Morgan fingerprint density at radius 3 is 2.71 bits per heavy atom. The molecule has 0 saturated carbocycles. The molecule has 0 heterocycles. The van der Waals surface area contributed by atoms with Crippen molar-refractivity contribution < 1.29 is 4.79 Å². The smallest absolute Gasteiger partial charge is 0.145 e. The molecule has 0 aliphatic heterocycles. The van der Waals surface area contributed by atoms with E-state index >= 15 is 0 Å². The monoisotopic (exact) mass is 115 g/mol. The summed E-state index contributed by atoms with van der Waals surface area (Å²) in [4.78, 5) is 13.2. The third kappa shape index (κ3) is 3.30. The van der Waals surface area contributed by atoms with Crippen molar-refractivity contribution in [1.82, 2.24) is 0 Å². The first-order valence-corrected chi connectivity index (χ1v) is 2.24. The molecule has 3 heteroatoms. The van der Waals surface area contributed by atoms with Gasteiger partial charge >= 0.3 is 0 Å². The number of rotatable bonds is 2. The van der Waals surface area contributed by atoms with Crippen LogP contribution in [-0.4, -0.2) is 17.5 Å². The van der Waals surface area contributed by atoms with Crippen LogP contribution in [0.3, 0.4) is 0 Å². The molecular formula is C4H5NOS. The van der Waals surface area contributed by atoms with E-state index in [1.807, 2.05) is 0 Å². The Kier molecular flexibility index (Phi) is 3.38. The van der Waals surface area contributed by atoms with E-state index in [9.17, 15) is 4.79 Å². The fourth-order valence-electron chi connectivity index (χ4n) is 0.114. The summed E-state index contributed by atoms with van der Waals surface area (Å²) in [5.74, 6) is 0. The van der Waals surface area contributed by atoms with Crippen molar-refractivity contribution >= 4 is 23.7 Å². The molecule has 38 valence electrons. The summed E-state index contributed by atoms with van der Waals surface area (Å²) in [6, 6.07) is -0.322. The van der Waals surface area contributed by atoms with Crippen LogP contribution in [0.25, 0.3) is 0 Å². The highest BCUT2D eigenvalue weighted by Crippen LogP contribution is 1.77. The molecule has 1 atom stereocenters. The van der Waals surface area contributed by atoms with Crippen LogP contribution in [0, 0.1) is 0 Å². The summed E-state index contributed by atoms with van der Waals surface area (Å²) in [6.07, 6.45) is 0.708. The summed E-state index contributed by atoms with van der Waals surface area (Å²) in [5.41, 5.74) is 0.